The summed E-state index contributed by atoms with van der Waals surface area (Å²) in [5.74, 6) is -1.91. The number of urea groups is 1. The van der Waals surface area contributed by atoms with E-state index in [1.165, 1.54) is 18.5 Å². The summed E-state index contributed by atoms with van der Waals surface area (Å²) in [5, 5.41) is 11.1. The van der Waals surface area contributed by atoms with E-state index in [2.05, 4.69) is 25.8 Å². The van der Waals surface area contributed by atoms with Gasteiger partial charge in [-0.2, -0.15) is 5.10 Å². The zero-order valence-electron chi connectivity index (χ0n) is 15.9. The number of hydrogen-bond donors (Lipinski definition) is 3. The smallest absolute Gasteiger partial charge is 0.319 e. The summed E-state index contributed by atoms with van der Waals surface area (Å²) in [5.41, 5.74) is 1.97. The van der Waals surface area contributed by atoms with Crippen LogP contribution in [0.4, 0.5) is 23.7 Å². The minimum atomic E-state index is -0.804. The van der Waals surface area contributed by atoms with Gasteiger partial charge in [-0.25, -0.2) is 22.9 Å². The van der Waals surface area contributed by atoms with Crippen LogP contribution in [-0.2, 0) is 0 Å². The molecule has 0 spiro atoms. The second kappa shape index (κ2) is 7.31. The molecule has 5 rings (SSSR count). The van der Waals surface area contributed by atoms with Crippen LogP contribution >= 0.6 is 0 Å². The Morgan fingerprint density at radius 1 is 1.10 bits per heavy atom. The Balaban J connectivity index is 1.32. The number of carbonyl (C=O) groups is 1. The number of H-pyrrole nitrogens is 1. The van der Waals surface area contributed by atoms with E-state index in [1.807, 2.05) is 0 Å². The minimum Gasteiger partial charge on any atom is -0.335 e. The second-order valence-electron chi connectivity index (χ2n) is 7.04. The van der Waals surface area contributed by atoms with Crippen molar-refractivity contribution in [1.82, 2.24) is 25.1 Å². The number of aromatic amines is 1. The van der Waals surface area contributed by atoms with Crippen LogP contribution in [0.15, 0.2) is 55.2 Å². The van der Waals surface area contributed by atoms with E-state index in [0.29, 0.717) is 16.7 Å². The second-order valence-corrected chi connectivity index (χ2v) is 7.04. The van der Waals surface area contributed by atoms with Gasteiger partial charge < -0.3 is 15.2 Å². The van der Waals surface area contributed by atoms with Gasteiger partial charge in [0.15, 0.2) is 0 Å². The van der Waals surface area contributed by atoms with Crippen molar-refractivity contribution in [2.45, 2.75) is 6.04 Å². The number of carbonyl (C=O) groups excluding carboxylic acids is 1. The summed E-state index contributed by atoms with van der Waals surface area (Å²) in [6.45, 7) is 0.0281. The number of fused-ring (bicyclic) bond motifs is 3. The molecule has 1 atom stereocenters. The average Bonchev–Trinajstić information content (AvgIpc) is 3.47. The molecule has 4 aromatic rings. The predicted molar refractivity (Wildman–Crippen MR) is 107 cm³/mol. The van der Waals surface area contributed by atoms with Crippen molar-refractivity contribution < 1.29 is 18.0 Å². The Kier molecular flexibility index (Phi) is 4.46. The number of anilines is 1. The Morgan fingerprint density at radius 2 is 1.97 bits per heavy atom. The van der Waals surface area contributed by atoms with E-state index in [9.17, 15) is 18.0 Å². The zero-order chi connectivity index (χ0) is 21.5. The predicted octanol–water partition coefficient (Wildman–Crippen LogP) is 4.08. The number of imidazole rings is 1. The van der Waals surface area contributed by atoms with Crippen molar-refractivity contribution in [1.29, 1.82) is 0 Å². The number of aromatic nitrogens is 4. The molecule has 3 N–H and O–H groups in total. The highest BCUT2D eigenvalue weighted by Gasteiger charge is 2.31. The Labute approximate surface area is 173 Å². The first-order chi connectivity index (χ1) is 15.0. The number of hydrogen-bond acceptors (Lipinski definition) is 3. The fraction of sp³-hybridized carbons (Fsp3) is 0.0952. The van der Waals surface area contributed by atoms with Gasteiger partial charge in [-0.05, 0) is 12.1 Å². The summed E-state index contributed by atoms with van der Waals surface area (Å²) >= 11 is 0. The third-order valence-electron chi connectivity index (χ3n) is 5.23. The number of benzene rings is 2. The molecule has 3 heterocycles. The monoisotopic (exact) mass is 424 g/mol. The van der Waals surface area contributed by atoms with Crippen molar-refractivity contribution >= 4 is 11.7 Å². The topological polar surface area (TPSA) is 87.6 Å². The lowest BCUT2D eigenvalue weighted by Crippen LogP contribution is -2.34. The molecule has 1 aliphatic heterocycles. The SMILES string of the molecule is O=C(NCC1c2c(F)cccc2-c2cncn21)Nc1cc(F)c(-c2cn[nH]c2)cc1F. The first-order valence-corrected chi connectivity index (χ1v) is 9.36. The molecule has 0 bridgehead atoms. The standard InChI is InChI=1S/C21H15F3N6O/c22-14-3-1-2-12-18-8-25-10-30(18)19(20(12)14)9-26-21(31)29-17-5-15(23)13(4-16(17)24)11-6-27-28-7-11/h1-8,10,19H,9H2,(H,27,28)(H2,26,29,31). The Hall–Kier alpha value is -4.08. The quantitative estimate of drug-likeness (QED) is 0.461. The molecule has 7 nitrogen and oxygen atoms in total. The van der Waals surface area contributed by atoms with Crippen LogP contribution in [0.3, 0.4) is 0 Å². The van der Waals surface area contributed by atoms with Gasteiger partial charge in [0.05, 0.1) is 36.1 Å². The highest BCUT2D eigenvalue weighted by molar-refractivity contribution is 5.90. The maximum absolute atomic E-state index is 14.4. The summed E-state index contributed by atoms with van der Waals surface area (Å²) in [6.07, 6.45) is 5.97. The van der Waals surface area contributed by atoms with Crippen LogP contribution in [0.5, 0.6) is 0 Å². The van der Waals surface area contributed by atoms with Gasteiger partial charge in [0, 0.05) is 41.1 Å². The van der Waals surface area contributed by atoms with Crippen LogP contribution in [0, 0.1) is 17.5 Å². The van der Waals surface area contributed by atoms with E-state index >= 15 is 0 Å². The molecular weight excluding hydrogens is 409 g/mol. The lowest BCUT2D eigenvalue weighted by Gasteiger charge is -2.17. The van der Waals surface area contributed by atoms with E-state index in [4.69, 9.17) is 0 Å². The van der Waals surface area contributed by atoms with Gasteiger partial charge in [0.25, 0.3) is 0 Å². The molecule has 0 radical (unpaired) electrons. The number of amides is 2. The maximum atomic E-state index is 14.4. The summed E-state index contributed by atoms with van der Waals surface area (Å²) < 4.78 is 45.0. The normalized spacial score (nSPS) is 14.2. The van der Waals surface area contributed by atoms with Crippen molar-refractivity contribution in [2.75, 3.05) is 11.9 Å². The number of nitrogens with zero attached hydrogens (tertiary/aromatic N) is 3. The van der Waals surface area contributed by atoms with E-state index < -0.39 is 29.5 Å². The van der Waals surface area contributed by atoms with Crippen LogP contribution in [0.1, 0.15) is 11.6 Å². The molecule has 1 aliphatic rings. The van der Waals surface area contributed by atoms with Crippen LogP contribution < -0.4 is 10.6 Å². The largest absolute Gasteiger partial charge is 0.335 e. The van der Waals surface area contributed by atoms with Crippen molar-refractivity contribution in [2.24, 2.45) is 0 Å². The molecule has 1 unspecified atom stereocenters. The van der Waals surface area contributed by atoms with Crippen LogP contribution in [0.2, 0.25) is 0 Å². The molecule has 31 heavy (non-hydrogen) atoms. The Bertz CT molecular complexity index is 1280. The van der Waals surface area contributed by atoms with Gasteiger partial charge in [-0.3, -0.25) is 5.10 Å². The molecule has 10 heteroatoms. The molecule has 2 aromatic heterocycles. The highest BCUT2D eigenvalue weighted by atomic mass is 19.1. The lowest BCUT2D eigenvalue weighted by molar-refractivity contribution is 0.251. The summed E-state index contributed by atoms with van der Waals surface area (Å²) in [7, 11) is 0. The van der Waals surface area contributed by atoms with Gasteiger partial charge in [0.1, 0.15) is 17.5 Å². The number of halogens is 3. The van der Waals surface area contributed by atoms with E-state index in [0.717, 1.165) is 17.8 Å². The fourth-order valence-corrected chi connectivity index (χ4v) is 3.82. The van der Waals surface area contributed by atoms with Crippen LogP contribution in [0.25, 0.3) is 22.4 Å². The molecule has 2 amide bonds. The maximum Gasteiger partial charge on any atom is 0.319 e. The third kappa shape index (κ3) is 3.21. The molecular formula is C21H15F3N6O. The average molecular weight is 424 g/mol. The van der Waals surface area contributed by atoms with E-state index in [-0.39, 0.29) is 17.8 Å². The zero-order valence-corrected chi connectivity index (χ0v) is 15.9. The third-order valence-corrected chi connectivity index (χ3v) is 5.23. The number of rotatable bonds is 4. The molecule has 156 valence electrons. The lowest BCUT2D eigenvalue weighted by atomic mass is 10.0. The van der Waals surface area contributed by atoms with Gasteiger partial charge >= 0.3 is 6.03 Å². The fourth-order valence-electron chi connectivity index (χ4n) is 3.82. The summed E-state index contributed by atoms with van der Waals surface area (Å²) in [6, 6.07) is 5.37. The van der Waals surface area contributed by atoms with Gasteiger partial charge in [0.2, 0.25) is 0 Å². The van der Waals surface area contributed by atoms with Gasteiger partial charge in [-0.1, -0.05) is 12.1 Å². The molecule has 0 saturated carbocycles. The van der Waals surface area contributed by atoms with E-state index in [1.54, 1.807) is 29.2 Å². The Morgan fingerprint density at radius 3 is 2.77 bits per heavy atom. The van der Waals surface area contributed by atoms with Crippen molar-refractivity contribution in [3.05, 3.63) is 78.3 Å². The first-order valence-electron chi connectivity index (χ1n) is 9.36. The molecule has 0 aliphatic carbocycles. The van der Waals surface area contributed by atoms with Crippen molar-refractivity contribution in [3.8, 4) is 22.4 Å². The van der Waals surface area contributed by atoms with Gasteiger partial charge in [-0.15, -0.1) is 0 Å². The minimum absolute atomic E-state index is 0.0166. The van der Waals surface area contributed by atoms with Crippen molar-refractivity contribution in [3.63, 3.8) is 0 Å². The first kappa shape index (κ1) is 18.9. The highest BCUT2D eigenvalue weighted by Crippen LogP contribution is 2.40. The molecule has 0 fully saturated rings. The molecule has 0 saturated heterocycles. The number of nitrogens with one attached hydrogen (secondary N) is 3. The molecule has 2 aromatic carbocycles. The van der Waals surface area contributed by atoms with Crippen LogP contribution in [-0.4, -0.2) is 32.3 Å². The summed E-state index contributed by atoms with van der Waals surface area (Å²) in [4.78, 5) is 16.4.